The Balaban J connectivity index is 2.45. The van der Waals surface area contributed by atoms with Crippen molar-refractivity contribution in [1.29, 1.82) is 0 Å². The molecule has 4 heteroatoms. The van der Waals surface area contributed by atoms with Crippen molar-refractivity contribution in [3.63, 3.8) is 0 Å². The van der Waals surface area contributed by atoms with Gasteiger partial charge < -0.3 is 4.84 Å². The van der Waals surface area contributed by atoms with E-state index < -0.39 is 5.50 Å². The minimum atomic E-state index is -0.528. The van der Waals surface area contributed by atoms with Crippen LogP contribution in [0.4, 0.5) is 0 Å². The fourth-order valence-electron chi connectivity index (χ4n) is 0.294. The fraction of sp³-hybridized carbons (Fsp3) is 0.333. The number of nitrogens with zero attached hydrogens (tertiary/aromatic N) is 1. The average molecular weight is 122 g/mol. The maximum atomic E-state index is 8.41. The van der Waals surface area contributed by atoms with E-state index in [1.165, 1.54) is 12.3 Å². The highest BCUT2D eigenvalue weighted by Crippen LogP contribution is 2.10. The number of hydrogen-bond donors (Lipinski definition) is 1. The lowest BCUT2D eigenvalue weighted by Crippen LogP contribution is -2.18. The predicted octanol–water partition coefficient (Wildman–Crippen LogP) is 0.701. The topological polar surface area (TPSA) is 32.7 Å². The predicted molar refractivity (Wildman–Crippen MR) is 23.5 cm³/mol. The largest absolute Gasteiger partial charge is 0.387 e. The van der Waals surface area contributed by atoms with Crippen molar-refractivity contribution < 1.29 is 10.0 Å². The van der Waals surface area contributed by atoms with Crippen molar-refractivity contribution >= 4 is 11.6 Å². The van der Waals surface area contributed by atoms with E-state index in [1.54, 1.807) is 0 Å². The summed E-state index contributed by atoms with van der Waals surface area (Å²) >= 11 is 5.33. The molecule has 1 heterocycles. The molecule has 1 aliphatic heterocycles. The standard InChI is InChI=1S/C3H4ClNO2/c4-3-1-2-7-5(3)6/h1-3,6H. The Kier molecular flexibility index (Phi) is 1.19. The Morgan fingerprint density at radius 2 is 2.57 bits per heavy atom. The third-order valence-electron chi connectivity index (χ3n) is 0.617. The molecule has 0 aliphatic carbocycles. The van der Waals surface area contributed by atoms with Crippen molar-refractivity contribution in [1.82, 2.24) is 5.23 Å². The molecule has 3 nitrogen and oxygen atoms in total. The molecule has 0 aromatic heterocycles. The summed E-state index contributed by atoms with van der Waals surface area (Å²) in [6.07, 6.45) is 2.83. The first-order valence-electron chi connectivity index (χ1n) is 1.76. The van der Waals surface area contributed by atoms with Crippen LogP contribution in [-0.4, -0.2) is 15.9 Å². The molecule has 0 saturated carbocycles. The summed E-state index contributed by atoms with van der Waals surface area (Å²) in [6.45, 7) is 0. The van der Waals surface area contributed by atoms with Crippen LogP contribution in [0.1, 0.15) is 0 Å². The molecule has 0 fully saturated rings. The smallest absolute Gasteiger partial charge is 0.169 e. The van der Waals surface area contributed by atoms with Crippen molar-refractivity contribution in [2.45, 2.75) is 5.50 Å². The maximum absolute atomic E-state index is 8.41. The van der Waals surface area contributed by atoms with Crippen LogP contribution in [0.3, 0.4) is 0 Å². The summed E-state index contributed by atoms with van der Waals surface area (Å²) in [7, 11) is 0. The zero-order valence-corrected chi connectivity index (χ0v) is 4.17. The second-order valence-electron chi connectivity index (χ2n) is 1.11. The minimum absolute atomic E-state index is 0.528. The molecule has 0 radical (unpaired) electrons. The molecule has 1 rings (SSSR count). The van der Waals surface area contributed by atoms with Gasteiger partial charge in [-0.1, -0.05) is 11.6 Å². The molecule has 0 amide bonds. The summed E-state index contributed by atoms with van der Waals surface area (Å²) in [5.41, 5.74) is -0.528. The van der Waals surface area contributed by atoms with Gasteiger partial charge in [0.05, 0.1) is 0 Å². The molecule has 0 saturated heterocycles. The summed E-state index contributed by atoms with van der Waals surface area (Å²) in [5, 5.41) is 8.97. The zero-order chi connectivity index (χ0) is 5.28. The van der Waals surface area contributed by atoms with E-state index in [1.807, 2.05) is 0 Å². The molecular formula is C3H4ClNO2. The van der Waals surface area contributed by atoms with Crippen LogP contribution < -0.4 is 0 Å². The molecule has 40 valence electrons. The molecule has 1 unspecified atom stereocenters. The quantitative estimate of drug-likeness (QED) is 0.378. The minimum Gasteiger partial charge on any atom is -0.387 e. The number of hydrogen-bond acceptors (Lipinski definition) is 3. The first-order valence-corrected chi connectivity index (χ1v) is 2.20. The number of hydroxylamine groups is 2. The van der Waals surface area contributed by atoms with Gasteiger partial charge in [0.2, 0.25) is 0 Å². The Labute approximate surface area is 45.7 Å². The fourth-order valence-corrected chi connectivity index (χ4v) is 0.399. The van der Waals surface area contributed by atoms with E-state index in [9.17, 15) is 0 Å². The van der Waals surface area contributed by atoms with Gasteiger partial charge in [-0.15, -0.1) is 0 Å². The highest BCUT2D eigenvalue weighted by atomic mass is 35.5. The lowest BCUT2D eigenvalue weighted by molar-refractivity contribution is -0.299. The second-order valence-corrected chi connectivity index (χ2v) is 1.56. The van der Waals surface area contributed by atoms with Crippen LogP contribution in [0.5, 0.6) is 0 Å². The van der Waals surface area contributed by atoms with Crippen LogP contribution >= 0.6 is 11.6 Å². The number of rotatable bonds is 0. The summed E-state index contributed by atoms with van der Waals surface area (Å²) in [6, 6.07) is 0. The van der Waals surface area contributed by atoms with Crippen LogP contribution in [0.15, 0.2) is 12.3 Å². The van der Waals surface area contributed by atoms with E-state index in [0.717, 1.165) is 0 Å². The third kappa shape index (κ3) is 0.851. The highest BCUT2D eigenvalue weighted by Gasteiger charge is 2.14. The molecule has 0 aromatic carbocycles. The van der Waals surface area contributed by atoms with Gasteiger partial charge in [-0.2, -0.15) is 0 Å². The van der Waals surface area contributed by atoms with Crippen molar-refractivity contribution in [2.24, 2.45) is 0 Å². The van der Waals surface area contributed by atoms with Gasteiger partial charge in [-0.25, -0.2) is 0 Å². The molecule has 0 aromatic rings. The van der Waals surface area contributed by atoms with Crippen LogP contribution in [0.25, 0.3) is 0 Å². The normalized spacial score (nSPS) is 30.9. The Morgan fingerprint density at radius 3 is 2.71 bits per heavy atom. The van der Waals surface area contributed by atoms with Crippen molar-refractivity contribution in [3.05, 3.63) is 12.3 Å². The molecule has 7 heavy (non-hydrogen) atoms. The van der Waals surface area contributed by atoms with Gasteiger partial charge in [0.1, 0.15) is 6.26 Å². The lowest BCUT2D eigenvalue weighted by atomic mass is 10.6. The summed E-state index contributed by atoms with van der Waals surface area (Å²) in [4.78, 5) is 4.34. The van der Waals surface area contributed by atoms with E-state index in [2.05, 4.69) is 4.84 Å². The van der Waals surface area contributed by atoms with Gasteiger partial charge in [-0.3, -0.25) is 5.21 Å². The van der Waals surface area contributed by atoms with Crippen LogP contribution in [-0.2, 0) is 4.84 Å². The summed E-state index contributed by atoms with van der Waals surface area (Å²) in [5.74, 6) is 0. The molecule has 1 N–H and O–H groups in total. The van der Waals surface area contributed by atoms with Crippen LogP contribution in [0.2, 0.25) is 0 Å². The van der Waals surface area contributed by atoms with Gasteiger partial charge in [0.25, 0.3) is 0 Å². The van der Waals surface area contributed by atoms with Crippen molar-refractivity contribution in [3.8, 4) is 0 Å². The Bertz CT molecular complexity index is 94.9. The maximum Gasteiger partial charge on any atom is 0.169 e. The Morgan fingerprint density at radius 1 is 1.86 bits per heavy atom. The first-order chi connectivity index (χ1) is 3.30. The van der Waals surface area contributed by atoms with E-state index in [4.69, 9.17) is 16.8 Å². The van der Waals surface area contributed by atoms with Gasteiger partial charge >= 0.3 is 0 Å². The molecule has 0 bridgehead atoms. The average Bonchev–Trinajstić information content (AvgIpc) is 1.91. The molecule has 1 aliphatic rings. The monoisotopic (exact) mass is 121 g/mol. The van der Waals surface area contributed by atoms with E-state index in [0.29, 0.717) is 5.23 Å². The number of alkyl halides is 1. The SMILES string of the molecule is ON1OC=CC1Cl. The molecule has 1 atom stereocenters. The highest BCUT2D eigenvalue weighted by molar-refractivity contribution is 6.21. The Hall–Kier alpha value is -0.250. The third-order valence-corrected chi connectivity index (χ3v) is 0.930. The molecular weight excluding hydrogens is 117 g/mol. The van der Waals surface area contributed by atoms with Crippen LogP contribution in [0, 0.1) is 0 Å². The zero-order valence-electron chi connectivity index (χ0n) is 3.41. The van der Waals surface area contributed by atoms with Gasteiger partial charge in [0.15, 0.2) is 5.50 Å². The van der Waals surface area contributed by atoms with Gasteiger partial charge in [-0.05, 0) is 6.08 Å². The first kappa shape index (κ1) is 4.90. The van der Waals surface area contributed by atoms with Gasteiger partial charge in [0, 0.05) is 5.23 Å². The summed E-state index contributed by atoms with van der Waals surface area (Å²) < 4.78 is 0. The second kappa shape index (κ2) is 1.69. The van der Waals surface area contributed by atoms with E-state index in [-0.39, 0.29) is 0 Å². The lowest BCUT2D eigenvalue weighted by Gasteiger charge is -2.06. The number of halogens is 1. The van der Waals surface area contributed by atoms with E-state index >= 15 is 0 Å². The van der Waals surface area contributed by atoms with Crippen molar-refractivity contribution in [2.75, 3.05) is 0 Å². The molecule has 0 spiro atoms.